The molecule has 0 fully saturated rings. The van der Waals surface area contributed by atoms with Gasteiger partial charge in [-0.15, -0.1) is 0 Å². The standard InChI is InChI=1S/C8H15N3O4/c1-3-6(5(2)11(14)15)4-7(10-13)8(9)12/h4-5,11,13-14H,3H2,1-2H3,(H2,9,12)/b6-4+,10-7-/t5-/m1/s1. The summed E-state index contributed by atoms with van der Waals surface area (Å²) in [7, 11) is 0. The Kier molecular flexibility index (Phi) is 5.53. The van der Waals surface area contributed by atoms with Gasteiger partial charge in [-0.3, -0.25) is 4.79 Å². The highest BCUT2D eigenvalue weighted by Crippen LogP contribution is 2.04. The Hall–Kier alpha value is -1.44. The maximum atomic E-state index is 10.7. The Morgan fingerprint density at radius 3 is 2.53 bits per heavy atom. The molecule has 86 valence electrons. The molecule has 0 rings (SSSR count). The van der Waals surface area contributed by atoms with Crippen LogP contribution in [0, 0.1) is 5.21 Å². The van der Waals surface area contributed by atoms with Gasteiger partial charge in [0.05, 0.1) is 0 Å². The lowest BCUT2D eigenvalue weighted by Gasteiger charge is -2.22. The van der Waals surface area contributed by atoms with E-state index in [1.54, 1.807) is 6.92 Å². The Morgan fingerprint density at radius 2 is 2.27 bits per heavy atom. The van der Waals surface area contributed by atoms with Crippen molar-refractivity contribution in [2.75, 3.05) is 0 Å². The molecule has 0 heterocycles. The van der Waals surface area contributed by atoms with Crippen molar-refractivity contribution in [1.29, 1.82) is 0 Å². The molecule has 2 atom stereocenters. The first-order valence-corrected chi connectivity index (χ1v) is 4.39. The lowest BCUT2D eigenvalue weighted by atomic mass is 10.0. The third-order valence-electron chi connectivity index (χ3n) is 2.02. The molecule has 0 saturated carbocycles. The van der Waals surface area contributed by atoms with Crippen molar-refractivity contribution in [2.45, 2.75) is 26.3 Å². The molecule has 0 aromatic heterocycles. The number of carbonyl (C=O) groups is 1. The number of quaternary nitrogens is 1. The molecule has 0 aromatic carbocycles. The summed E-state index contributed by atoms with van der Waals surface area (Å²) < 4.78 is 0. The summed E-state index contributed by atoms with van der Waals surface area (Å²) >= 11 is 0. The first-order chi connectivity index (χ1) is 6.93. The molecule has 1 unspecified atom stereocenters. The first-order valence-electron chi connectivity index (χ1n) is 4.39. The van der Waals surface area contributed by atoms with E-state index in [-0.39, 0.29) is 5.71 Å². The monoisotopic (exact) mass is 217 g/mol. The molecule has 7 heteroatoms. The molecule has 0 radical (unpaired) electrons. The minimum atomic E-state index is -1.01. The number of primary amides is 1. The van der Waals surface area contributed by atoms with E-state index in [1.165, 1.54) is 13.0 Å². The van der Waals surface area contributed by atoms with Gasteiger partial charge >= 0.3 is 0 Å². The number of hydrogen-bond donors (Lipinski definition) is 4. The Labute approximate surface area is 87.0 Å². The summed E-state index contributed by atoms with van der Waals surface area (Å²) in [5.41, 5.74) is 5.02. The third-order valence-corrected chi connectivity index (χ3v) is 2.02. The fraction of sp³-hybridized carbons (Fsp3) is 0.500. The maximum absolute atomic E-state index is 10.7. The van der Waals surface area contributed by atoms with Gasteiger partial charge in [0.15, 0.2) is 5.71 Å². The van der Waals surface area contributed by atoms with Crippen LogP contribution in [0.15, 0.2) is 16.8 Å². The van der Waals surface area contributed by atoms with Crippen molar-refractivity contribution in [2.24, 2.45) is 10.9 Å². The van der Waals surface area contributed by atoms with Gasteiger partial charge in [0.25, 0.3) is 5.91 Å². The molecule has 7 nitrogen and oxygen atoms in total. The average molecular weight is 217 g/mol. The number of hydroxylamine groups is 2. The van der Waals surface area contributed by atoms with Crippen LogP contribution in [-0.2, 0) is 4.79 Å². The smallest absolute Gasteiger partial charge is 0.270 e. The molecule has 5 N–H and O–H groups in total. The molecule has 0 aliphatic heterocycles. The lowest BCUT2D eigenvalue weighted by Crippen LogP contribution is -3.08. The summed E-state index contributed by atoms with van der Waals surface area (Å²) in [5, 5.41) is 29.6. The van der Waals surface area contributed by atoms with E-state index in [2.05, 4.69) is 5.16 Å². The minimum absolute atomic E-state index is 0.347. The van der Waals surface area contributed by atoms with Crippen LogP contribution in [0.4, 0.5) is 0 Å². The number of amides is 1. The van der Waals surface area contributed by atoms with Crippen molar-refractivity contribution in [3.05, 3.63) is 16.9 Å². The number of carbonyl (C=O) groups excluding carboxylic acids is 1. The SMILES string of the molecule is CC/C(=C\C(=N\O)C(N)=O)[C@@H](C)[NH+]([O-])O. The number of nitrogens with zero attached hydrogens (tertiary/aromatic N) is 1. The third kappa shape index (κ3) is 4.07. The van der Waals surface area contributed by atoms with E-state index in [0.29, 0.717) is 12.0 Å². The van der Waals surface area contributed by atoms with Gasteiger partial charge in [0.2, 0.25) is 0 Å². The van der Waals surface area contributed by atoms with E-state index >= 15 is 0 Å². The van der Waals surface area contributed by atoms with Crippen molar-refractivity contribution in [3.63, 3.8) is 0 Å². The fourth-order valence-electron chi connectivity index (χ4n) is 1.02. The zero-order chi connectivity index (χ0) is 12.0. The largest absolute Gasteiger partial charge is 0.600 e. The molecule has 0 aromatic rings. The molecule has 0 spiro atoms. The second-order valence-corrected chi connectivity index (χ2v) is 2.98. The quantitative estimate of drug-likeness (QED) is 0.262. The summed E-state index contributed by atoms with van der Waals surface area (Å²) in [5.74, 6) is -0.902. The molecular weight excluding hydrogens is 202 g/mol. The molecule has 0 aliphatic rings. The van der Waals surface area contributed by atoms with Gasteiger partial charge < -0.3 is 16.1 Å². The van der Waals surface area contributed by atoms with Crippen LogP contribution in [0.5, 0.6) is 0 Å². The Balaban J connectivity index is 4.95. The Bertz CT molecular complexity index is 286. The van der Waals surface area contributed by atoms with Crippen LogP contribution in [0.1, 0.15) is 20.3 Å². The normalized spacial score (nSPS) is 17.3. The van der Waals surface area contributed by atoms with Crippen molar-refractivity contribution in [3.8, 4) is 0 Å². The highest BCUT2D eigenvalue weighted by molar-refractivity contribution is 6.42. The average Bonchev–Trinajstić information content (AvgIpc) is 2.18. The highest BCUT2D eigenvalue weighted by Gasteiger charge is 2.15. The molecule has 0 bridgehead atoms. The predicted molar refractivity (Wildman–Crippen MR) is 52.4 cm³/mol. The minimum Gasteiger partial charge on any atom is -0.600 e. The molecular formula is C8H15N3O4. The van der Waals surface area contributed by atoms with Crippen LogP contribution in [0.3, 0.4) is 0 Å². The second kappa shape index (κ2) is 6.12. The Morgan fingerprint density at radius 1 is 1.73 bits per heavy atom. The molecule has 0 aliphatic carbocycles. The summed E-state index contributed by atoms with van der Waals surface area (Å²) in [6, 6.07) is -0.744. The number of nitrogens with two attached hydrogens (primary N) is 1. The first kappa shape index (κ1) is 13.6. The summed E-state index contributed by atoms with van der Waals surface area (Å²) in [6.07, 6.45) is 1.63. The van der Waals surface area contributed by atoms with E-state index < -0.39 is 17.2 Å². The van der Waals surface area contributed by atoms with Crippen LogP contribution in [-0.4, -0.2) is 28.1 Å². The fourth-order valence-corrected chi connectivity index (χ4v) is 1.02. The lowest BCUT2D eigenvalue weighted by molar-refractivity contribution is -1.06. The molecule has 15 heavy (non-hydrogen) atoms. The molecule has 1 amide bonds. The number of oxime groups is 1. The van der Waals surface area contributed by atoms with Crippen molar-refractivity contribution in [1.82, 2.24) is 0 Å². The van der Waals surface area contributed by atoms with Gasteiger partial charge in [-0.1, -0.05) is 12.1 Å². The van der Waals surface area contributed by atoms with Gasteiger partial charge in [0.1, 0.15) is 6.04 Å². The van der Waals surface area contributed by atoms with Crippen LogP contribution >= 0.6 is 0 Å². The zero-order valence-electron chi connectivity index (χ0n) is 8.60. The number of hydrogen-bond acceptors (Lipinski definition) is 5. The van der Waals surface area contributed by atoms with E-state index in [9.17, 15) is 10.0 Å². The summed E-state index contributed by atoms with van der Waals surface area (Å²) in [4.78, 5) is 10.7. The van der Waals surface area contributed by atoms with Crippen LogP contribution in [0.2, 0.25) is 0 Å². The maximum Gasteiger partial charge on any atom is 0.270 e. The molecule has 0 saturated heterocycles. The van der Waals surface area contributed by atoms with E-state index in [1.807, 2.05) is 0 Å². The zero-order valence-corrected chi connectivity index (χ0v) is 8.60. The summed E-state index contributed by atoms with van der Waals surface area (Å²) in [6.45, 7) is 3.22. The van der Waals surface area contributed by atoms with E-state index in [4.69, 9.17) is 16.1 Å². The second-order valence-electron chi connectivity index (χ2n) is 2.98. The number of nitrogens with one attached hydrogen (secondary N) is 1. The van der Waals surface area contributed by atoms with Gasteiger partial charge in [-0.25, -0.2) is 10.4 Å². The van der Waals surface area contributed by atoms with Crippen LogP contribution in [0.25, 0.3) is 0 Å². The van der Waals surface area contributed by atoms with Gasteiger partial charge in [-0.05, 0) is 25.0 Å². The van der Waals surface area contributed by atoms with E-state index in [0.717, 1.165) is 0 Å². The van der Waals surface area contributed by atoms with Crippen molar-refractivity contribution >= 4 is 11.6 Å². The highest BCUT2D eigenvalue weighted by atomic mass is 16.8. The van der Waals surface area contributed by atoms with Gasteiger partial charge in [0, 0.05) is 0 Å². The van der Waals surface area contributed by atoms with Gasteiger partial charge in [-0.2, -0.15) is 0 Å². The van der Waals surface area contributed by atoms with Crippen molar-refractivity contribution < 1.29 is 20.4 Å². The topological polar surface area (TPSA) is 123 Å². The number of rotatable bonds is 5. The predicted octanol–water partition coefficient (Wildman–Crippen LogP) is -1.20. The van der Waals surface area contributed by atoms with Crippen LogP contribution < -0.4 is 11.0 Å².